The second kappa shape index (κ2) is 44.1. The number of aliphatic hydroxyl groups is 4. The maximum absolute atomic E-state index is 12.8. The second-order valence-corrected chi connectivity index (χ2v) is 17.2. The van der Waals surface area contributed by atoms with Crippen LogP contribution >= 0.6 is 0 Å². The third-order valence-corrected chi connectivity index (χ3v) is 11.4. The van der Waals surface area contributed by atoms with Crippen molar-refractivity contribution in [2.24, 2.45) is 0 Å². The van der Waals surface area contributed by atoms with Crippen LogP contribution in [0.1, 0.15) is 206 Å². The number of esters is 1. The van der Waals surface area contributed by atoms with E-state index in [0.717, 1.165) is 64.2 Å². The average Bonchev–Trinajstić information content (AvgIpc) is 3.27. The van der Waals surface area contributed by atoms with Crippen LogP contribution < -0.4 is 0 Å². The van der Waals surface area contributed by atoms with E-state index < -0.39 is 43.4 Å². The Morgan fingerprint density at radius 1 is 0.532 bits per heavy atom. The Bertz CT molecular complexity index is 1130. The molecule has 1 fully saturated rings. The van der Waals surface area contributed by atoms with Crippen molar-refractivity contribution < 1.29 is 44.2 Å². The largest absolute Gasteiger partial charge is 0.457 e. The van der Waals surface area contributed by atoms with Crippen molar-refractivity contribution in [2.75, 3.05) is 26.4 Å². The first kappa shape index (κ1) is 57.9. The third-order valence-electron chi connectivity index (χ3n) is 11.4. The van der Waals surface area contributed by atoms with Crippen LogP contribution in [0.4, 0.5) is 0 Å². The topological polar surface area (TPSA) is 135 Å². The van der Waals surface area contributed by atoms with Crippen molar-refractivity contribution >= 4 is 5.97 Å². The number of hydrogen-bond acceptors (Lipinski definition) is 9. The number of ether oxygens (including phenoxy) is 4. The molecule has 6 atom stereocenters. The molecule has 0 amide bonds. The van der Waals surface area contributed by atoms with Gasteiger partial charge in [0.05, 0.1) is 19.8 Å². The minimum Gasteiger partial charge on any atom is -0.457 e. The molecule has 0 aromatic heterocycles. The van der Waals surface area contributed by atoms with Crippen LogP contribution in [0, 0.1) is 0 Å². The fourth-order valence-electron chi connectivity index (χ4n) is 7.48. The molecule has 360 valence electrons. The zero-order valence-electron chi connectivity index (χ0n) is 39.6. The molecule has 0 radical (unpaired) electrons. The van der Waals surface area contributed by atoms with Crippen LogP contribution in [0.15, 0.2) is 60.8 Å². The fraction of sp³-hybridized carbons (Fsp3) is 0.792. The molecule has 62 heavy (non-hydrogen) atoms. The molecular formula is C53H94O9. The van der Waals surface area contributed by atoms with Gasteiger partial charge in [-0.1, -0.05) is 184 Å². The number of hydrogen-bond donors (Lipinski definition) is 4. The first-order valence-electron chi connectivity index (χ1n) is 25.4. The summed E-state index contributed by atoms with van der Waals surface area (Å²) in [6.07, 6.45) is 49.6. The molecular weight excluding hydrogens is 781 g/mol. The van der Waals surface area contributed by atoms with Gasteiger partial charge in [-0.2, -0.15) is 0 Å². The number of aliphatic hydroxyl groups excluding tert-OH is 4. The van der Waals surface area contributed by atoms with E-state index in [1.165, 1.54) is 122 Å². The summed E-state index contributed by atoms with van der Waals surface area (Å²) < 4.78 is 22.9. The van der Waals surface area contributed by atoms with E-state index >= 15 is 0 Å². The molecule has 0 saturated carbocycles. The van der Waals surface area contributed by atoms with Crippen molar-refractivity contribution in [2.45, 2.75) is 243 Å². The molecule has 6 unspecified atom stereocenters. The van der Waals surface area contributed by atoms with Gasteiger partial charge in [0.1, 0.15) is 30.5 Å². The number of unbranched alkanes of at least 4 members (excludes halogenated alkanes) is 22. The number of rotatable bonds is 43. The Balaban J connectivity index is 2.22. The van der Waals surface area contributed by atoms with Gasteiger partial charge in [0.15, 0.2) is 6.29 Å². The molecule has 1 saturated heterocycles. The second-order valence-electron chi connectivity index (χ2n) is 17.2. The van der Waals surface area contributed by atoms with Crippen LogP contribution in [-0.2, 0) is 23.7 Å². The lowest BCUT2D eigenvalue weighted by molar-refractivity contribution is -0.305. The summed E-state index contributed by atoms with van der Waals surface area (Å²) in [7, 11) is 0. The Morgan fingerprint density at radius 2 is 0.984 bits per heavy atom. The summed E-state index contributed by atoms with van der Waals surface area (Å²) in [5.41, 5.74) is 0. The summed E-state index contributed by atoms with van der Waals surface area (Å²) in [6, 6.07) is 0. The van der Waals surface area contributed by atoms with Gasteiger partial charge < -0.3 is 39.4 Å². The van der Waals surface area contributed by atoms with Gasteiger partial charge in [0.25, 0.3) is 0 Å². The minimum absolute atomic E-state index is 0.119. The Morgan fingerprint density at radius 3 is 1.50 bits per heavy atom. The lowest BCUT2D eigenvalue weighted by atomic mass is 9.99. The molecule has 1 aliphatic heterocycles. The Hall–Kier alpha value is -2.11. The molecule has 9 nitrogen and oxygen atoms in total. The summed E-state index contributed by atoms with van der Waals surface area (Å²) in [5.74, 6) is -0.321. The molecule has 0 aromatic rings. The smallest absolute Gasteiger partial charge is 0.306 e. The zero-order chi connectivity index (χ0) is 45.0. The predicted octanol–water partition coefficient (Wildman–Crippen LogP) is 12.3. The van der Waals surface area contributed by atoms with Gasteiger partial charge >= 0.3 is 5.97 Å². The highest BCUT2D eigenvalue weighted by Gasteiger charge is 2.44. The van der Waals surface area contributed by atoms with Gasteiger partial charge in [0, 0.05) is 13.0 Å². The van der Waals surface area contributed by atoms with Gasteiger partial charge in [-0.3, -0.25) is 4.79 Å². The molecule has 1 aliphatic rings. The average molecular weight is 875 g/mol. The Kier molecular flexibility index (Phi) is 41.2. The molecule has 1 heterocycles. The number of carbonyl (C=O) groups is 1. The van der Waals surface area contributed by atoms with E-state index in [0.29, 0.717) is 13.0 Å². The number of carbonyl (C=O) groups excluding carboxylic acids is 1. The molecule has 0 bridgehead atoms. The highest BCUT2D eigenvalue weighted by Crippen LogP contribution is 2.23. The van der Waals surface area contributed by atoms with E-state index in [9.17, 15) is 25.2 Å². The Labute approximate surface area is 379 Å². The van der Waals surface area contributed by atoms with Gasteiger partial charge in [0.2, 0.25) is 0 Å². The maximum Gasteiger partial charge on any atom is 0.306 e. The van der Waals surface area contributed by atoms with Crippen molar-refractivity contribution in [1.29, 1.82) is 0 Å². The van der Waals surface area contributed by atoms with Crippen LogP contribution in [0.5, 0.6) is 0 Å². The minimum atomic E-state index is -1.54. The normalized spacial score (nSPS) is 20.3. The maximum atomic E-state index is 12.8. The first-order chi connectivity index (χ1) is 30.4. The molecule has 1 rings (SSSR count). The third kappa shape index (κ3) is 34.3. The lowest BCUT2D eigenvalue weighted by Crippen LogP contribution is -2.59. The van der Waals surface area contributed by atoms with Crippen molar-refractivity contribution in [3.63, 3.8) is 0 Å². The van der Waals surface area contributed by atoms with Crippen LogP contribution in [0.25, 0.3) is 0 Å². The SMILES string of the molecule is CC/C=C\C/C=C\C/C=C\C/C=C\CCCCCCCCCCCOCC(COC1OC(CO)C(O)C(O)C1O)OC(=O)CCCCCCCCC/C=C\CCCCCCCC. The molecule has 0 spiro atoms. The first-order valence-corrected chi connectivity index (χ1v) is 25.4. The van der Waals surface area contributed by atoms with Crippen LogP contribution in [0.3, 0.4) is 0 Å². The molecule has 9 heteroatoms. The quantitative estimate of drug-likeness (QED) is 0.0268. The van der Waals surface area contributed by atoms with Gasteiger partial charge in [-0.05, 0) is 77.0 Å². The standard InChI is InChI=1S/C53H94O9/c1-3-5-7-9-11-13-15-17-19-21-22-23-24-25-27-29-31-33-35-37-39-41-43-59-45-47(46-60-53-52(58)51(57)50(56)48(44-54)62-53)61-49(55)42-40-38-36-34-32-30-28-26-20-18-16-14-12-10-8-6-4-2/h5,7,11,13,17-20,22-23,47-48,50-54,56-58H,3-4,6,8-10,12,14-16,21,24-46H2,1-2H3/b7-5-,13-11-,19-17-,20-18-,23-22-. The van der Waals surface area contributed by atoms with E-state index in [2.05, 4.69) is 74.6 Å². The molecule has 0 aromatic carbocycles. The highest BCUT2D eigenvalue weighted by molar-refractivity contribution is 5.69. The van der Waals surface area contributed by atoms with E-state index in [1.807, 2.05) is 0 Å². The summed E-state index contributed by atoms with van der Waals surface area (Å²) in [5, 5.41) is 40.2. The predicted molar refractivity (Wildman–Crippen MR) is 256 cm³/mol. The van der Waals surface area contributed by atoms with Crippen LogP contribution in [-0.4, -0.2) is 89.6 Å². The van der Waals surface area contributed by atoms with E-state index in [4.69, 9.17) is 18.9 Å². The van der Waals surface area contributed by atoms with Crippen molar-refractivity contribution in [1.82, 2.24) is 0 Å². The van der Waals surface area contributed by atoms with E-state index in [-0.39, 0.29) is 19.2 Å². The fourth-order valence-corrected chi connectivity index (χ4v) is 7.48. The van der Waals surface area contributed by atoms with E-state index in [1.54, 1.807) is 0 Å². The summed E-state index contributed by atoms with van der Waals surface area (Å²) >= 11 is 0. The van der Waals surface area contributed by atoms with Gasteiger partial charge in [-0.15, -0.1) is 0 Å². The van der Waals surface area contributed by atoms with Crippen molar-refractivity contribution in [3.05, 3.63) is 60.8 Å². The van der Waals surface area contributed by atoms with Crippen molar-refractivity contribution in [3.8, 4) is 0 Å². The summed E-state index contributed by atoms with van der Waals surface area (Å²) in [4.78, 5) is 12.8. The number of allylic oxidation sites excluding steroid dienone is 10. The van der Waals surface area contributed by atoms with Crippen LogP contribution in [0.2, 0.25) is 0 Å². The molecule has 4 N–H and O–H groups in total. The summed E-state index contributed by atoms with van der Waals surface area (Å²) in [6.45, 7) is 4.43. The van der Waals surface area contributed by atoms with Gasteiger partial charge in [-0.25, -0.2) is 0 Å². The zero-order valence-corrected chi connectivity index (χ0v) is 39.6. The lowest BCUT2D eigenvalue weighted by Gasteiger charge is -2.39. The molecule has 0 aliphatic carbocycles. The highest BCUT2D eigenvalue weighted by atomic mass is 16.7. The monoisotopic (exact) mass is 875 g/mol.